The highest BCUT2D eigenvalue weighted by atomic mass is 16.5. The van der Waals surface area contributed by atoms with Crippen LogP contribution in [0.3, 0.4) is 0 Å². The quantitative estimate of drug-likeness (QED) is 0.849. The van der Waals surface area contributed by atoms with Gasteiger partial charge in [0.05, 0.1) is 12.9 Å². The third-order valence-corrected chi connectivity index (χ3v) is 2.36. The molecule has 0 atom stereocenters. The molecule has 0 aliphatic rings. The molecule has 5 heteroatoms. The predicted octanol–water partition coefficient (Wildman–Crippen LogP) is 2.43. The minimum Gasteiger partial charge on any atom is -0.478 e. The van der Waals surface area contributed by atoms with Crippen LogP contribution in [0, 0.1) is 6.92 Å². The zero-order chi connectivity index (χ0) is 12.8. The van der Waals surface area contributed by atoms with E-state index >= 15 is 0 Å². The van der Waals surface area contributed by atoms with Gasteiger partial charge in [0, 0.05) is 19.0 Å². The molecule has 1 N–H and O–H groups in total. The number of nitrogens with zero attached hydrogens (tertiary/aromatic N) is 2. The van der Waals surface area contributed by atoms with E-state index < -0.39 is 0 Å². The number of hydrogen-bond donors (Lipinski definition) is 1. The second kappa shape index (κ2) is 6.05. The lowest BCUT2D eigenvalue weighted by atomic mass is 10.3. The number of ether oxygens (including phenoxy) is 1. The zero-order valence-corrected chi connectivity index (χ0v) is 10.6. The summed E-state index contributed by atoms with van der Waals surface area (Å²) in [4.78, 5) is 8.49. The first-order valence-corrected chi connectivity index (χ1v) is 6.02. The molecule has 0 aliphatic carbocycles. The number of aryl methyl sites for hydroxylation is 1. The van der Waals surface area contributed by atoms with Gasteiger partial charge in [-0.05, 0) is 26.0 Å². The van der Waals surface area contributed by atoms with E-state index in [4.69, 9.17) is 9.15 Å². The predicted molar refractivity (Wildman–Crippen MR) is 68.8 cm³/mol. The van der Waals surface area contributed by atoms with Crippen LogP contribution in [-0.2, 0) is 6.42 Å². The molecular formula is C13H17N3O2. The summed E-state index contributed by atoms with van der Waals surface area (Å²) in [5.41, 5.74) is 0. The molecule has 0 fully saturated rings. The highest BCUT2D eigenvalue weighted by Crippen LogP contribution is 2.13. The van der Waals surface area contributed by atoms with Crippen molar-refractivity contribution in [3.05, 3.63) is 36.0 Å². The van der Waals surface area contributed by atoms with Gasteiger partial charge in [0.25, 0.3) is 0 Å². The molecule has 2 heterocycles. The Kier molecular flexibility index (Phi) is 4.17. The number of furan rings is 1. The maximum atomic E-state index is 5.37. The fourth-order valence-corrected chi connectivity index (χ4v) is 1.62. The van der Waals surface area contributed by atoms with Gasteiger partial charge in [-0.3, -0.25) is 0 Å². The maximum Gasteiger partial charge on any atom is 0.218 e. The minimum absolute atomic E-state index is 0.599. The van der Waals surface area contributed by atoms with Crippen LogP contribution in [0.15, 0.2) is 28.9 Å². The first-order chi connectivity index (χ1) is 8.78. The Hall–Kier alpha value is -2.04. The van der Waals surface area contributed by atoms with Crippen LogP contribution in [0.5, 0.6) is 5.88 Å². The highest BCUT2D eigenvalue weighted by Gasteiger charge is 2.02. The first kappa shape index (κ1) is 12.4. The topological polar surface area (TPSA) is 60.2 Å². The number of nitrogens with one attached hydrogen (secondary N) is 1. The molecular weight excluding hydrogens is 230 g/mol. The molecule has 0 aliphatic heterocycles. The van der Waals surface area contributed by atoms with Gasteiger partial charge in [-0.15, -0.1) is 0 Å². The van der Waals surface area contributed by atoms with Crippen molar-refractivity contribution < 1.29 is 9.15 Å². The molecule has 0 amide bonds. The van der Waals surface area contributed by atoms with Crippen LogP contribution < -0.4 is 10.1 Å². The van der Waals surface area contributed by atoms with Crippen molar-refractivity contribution in [2.45, 2.75) is 20.3 Å². The molecule has 0 saturated heterocycles. The summed E-state index contributed by atoms with van der Waals surface area (Å²) >= 11 is 0. The summed E-state index contributed by atoms with van der Waals surface area (Å²) in [5, 5.41) is 3.23. The lowest BCUT2D eigenvalue weighted by Crippen LogP contribution is -2.08. The molecule has 0 aromatic carbocycles. The Bertz CT molecular complexity index is 483. The van der Waals surface area contributed by atoms with Gasteiger partial charge in [0.1, 0.15) is 17.4 Å². The van der Waals surface area contributed by atoms with Gasteiger partial charge < -0.3 is 14.5 Å². The second-order valence-electron chi connectivity index (χ2n) is 3.83. The van der Waals surface area contributed by atoms with Gasteiger partial charge in [-0.2, -0.15) is 4.98 Å². The van der Waals surface area contributed by atoms with E-state index in [0.717, 1.165) is 24.5 Å². The Balaban J connectivity index is 1.92. The molecule has 96 valence electrons. The Morgan fingerprint density at radius 1 is 1.39 bits per heavy atom. The summed E-state index contributed by atoms with van der Waals surface area (Å²) < 4.78 is 10.6. The van der Waals surface area contributed by atoms with Crippen molar-refractivity contribution in [1.29, 1.82) is 0 Å². The van der Waals surface area contributed by atoms with Crippen LogP contribution >= 0.6 is 0 Å². The summed E-state index contributed by atoms with van der Waals surface area (Å²) in [7, 11) is 0. The number of hydrogen-bond acceptors (Lipinski definition) is 5. The van der Waals surface area contributed by atoms with Crippen molar-refractivity contribution in [1.82, 2.24) is 9.97 Å². The van der Waals surface area contributed by atoms with Crippen LogP contribution in [0.4, 0.5) is 5.82 Å². The van der Waals surface area contributed by atoms with Crippen molar-refractivity contribution in [3.8, 4) is 5.88 Å². The van der Waals surface area contributed by atoms with Gasteiger partial charge in [0.15, 0.2) is 0 Å². The highest BCUT2D eigenvalue weighted by molar-refractivity contribution is 5.38. The van der Waals surface area contributed by atoms with E-state index in [0.29, 0.717) is 18.3 Å². The number of anilines is 1. The van der Waals surface area contributed by atoms with Gasteiger partial charge in [0.2, 0.25) is 5.88 Å². The molecule has 0 saturated carbocycles. The molecule has 0 spiro atoms. The van der Waals surface area contributed by atoms with Crippen molar-refractivity contribution in [2.24, 2.45) is 0 Å². The molecule has 0 bridgehead atoms. The molecule has 2 aromatic heterocycles. The van der Waals surface area contributed by atoms with Gasteiger partial charge in [-0.25, -0.2) is 4.98 Å². The van der Waals surface area contributed by atoms with E-state index in [2.05, 4.69) is 15.3 Å². The fraction of sp³-hybridized carbons (Fsp3) is 0.385. The summed E-state index contributed by atoms with van der Waals surface area (Å²) in [5.74, 6) is 3.03. The van der Waals surface area contributed by atoms with E-state index in [9.17, 15) is 0 Å². The summed E-state index contributed by atoms with van der Waals surface area (Å²) in [6.45, 7) is 5.14. The molecule has 2 rings (SSSR count). The largest absolute Gasteiger partial charge is 0.478 e. The molecule has 2 aromatic rings. The van der Waals surface area contributed by atoms with Crippen LogP contribution in [-0.4, -0.2) is 23.1 Å². The third kappa shape index (κ3) is 3.48. The molecule has 5 nitrogen and oxygen atoms in total. The smallest absolute Gasteiger partial charge is 0.218 e. The minimum atomic E-state index is 0.599. The van der Waals surface area contributed by atoms with E-state index in [1.165, 1.54) is 0 Å². The van der Waals surface area contributed by atoms with Crippen LogP contribution in [0.25, 0.3) is 0 Å². The fourth-order valence-electron chi connectivity index (χ4n) is 1.62. The molecule has 0 radical (unpaired) electrons. The van der Waals surface area contributed by atoms with Crippen LogP contribution in [0.2, 0.25) is 0 Å². The zero-order valence-electron chi connectivity index (χ0n) is 10.6. The lowest BCUT2D eigenvalue weighted by molar-refractivity contribution is 0.325. The SMILES string of the molecule is CCOc1cc(NCCc2ccco2)nc(C)n1. The third-order valence-electron chi connectivity index (χ3n) is 2.36. The number of rotatable bonds is 6. The average molecular weight is 247 g/mol. The lowest BCUT2D eigenvalue weighted by Gasteiger charge is -2.08. The Morgan fingerprint density at radius 3 is 3.00 bits per heavy atom. The Labute approximate surface area is 106 Å². The summed E-state index contributed by atoms with van der Waals surface area (Å²) in [6, 6.07) is 5.65. The molecule has 0 unspecified atom stereocenters. The maximum absolute atomic E-state index is 5.37. The van der Waals surface area contributed by atoms with Crippen molar-refractivity contribution >= 4 is 5.82 Å². The van der Waals surface area contributed by atoms with Gasteiger partial charge >= 0.3 is 0 Å². The number of aromatic nitrogens is 2. The van der Waals surface area contributed by atoms with Gasteiger partial charge in [-0.1, -0.05) is 0 Å². The van der Waals surface area contributed by atoms with E-state index in [1.54, 1.807) is 12.3 Å². The second-order valence-corrected chi connectivity index (χ2v) is 3.83. The van der Waals surface area contributed by atoms with E-state index in [1.807, 2.05) is 26.0 Å². The van der Waals surface area contributed by atoms with E-state index in [-0.39, 0.29) is 0 Å². The average Bonchev–Trinajstić information content (AvgIpc) is 2.82. The first-order valence-electron chi connectivity index (χ1n) is 6.02. The van der Waals surface area contributed by atoms with Crippen molar-refractivity contribution in [3.63, 3.8) is 0 Å². The standard InChI is InChI=1S/C13H17N3O2/c1-3-17-13-9-12(15-10(2)16-13)14-7-6-11-5-4-8-18-11/h4-5,8-9H,3,6-7H2,1-2H3,(H,14,15,16). The van der Waals surface area contributed by atoms with Crippen LogP contribution in [0.1, 0.15) is 18.5 Å². The monoisotopic (exact) mass is 247 g/mol. The normalized spacial score (nSPS) is 10.3. The molecule has 18 heavy (non-hydrogen) atoms. The van der Waals surface area contributed by atoms with Crippen molar-refractivity contribution in [2.75, 3.05) is 18.5 Å². The summed E-state index contributed by atoms with van der Waals surface area (Å²) in [6.07, 6.45) is 2.50. The Morgan fingerprint density at radius 2 is 2.28 bits per heavy atom.